The van der Waals surface area contributed by atoms with Crippen LogP contribution in [0, 0.1) is 6.92 Å². The normalized spacial score (nSPS) is 12.8. The van der Waals surface area contributed by atoms with E-state index in [1.165, 1.54) is 16.7 Å². The van der Waals surface area contributed by atoms with Crippen molar-refractivity contribution in [1.82, 2.24) is 4.90 Å². The second-order valence-corrected chi connectivity index (χ2v) is 7.67. The van der Waals surface area contributed by atoms with Crippen molar-refractivity contribution in [3.63, 3.8) is 0 Å². The first kappa shape index (κ1) is 19.0. The number of rotatable bonds is 5. The zero-order valence-electron chi connectivity index (χ0n) is 15.7. The summed E-state index contributed by atoms with van der Waals surface area (Å²) in [6.07, 6.45) is 0. The number of carbonyl (C=O) groups excluding carboxylic acids is 3. The largest absolute Gasteiger partial charge is 0.322 e. The second kappa shape index (κ2) is 7.93. The van der Waals surface area contributed by atoms with Gasteiger partial charge in [-0.3, -0.25) is 19.3 Å². The monoisotopic (exact) mass is 402 g/mol. The van der Waals surface area contributed by atoms with Crippen molar-refractivity contribution in [2.24, 2.45) is 0 Å². The minimum atomic E-state index is -0.264. The van der Waals surface area contributed by atoms with E-state index in [1.54, 1.807) is 42.5 Å². The van der Waals surface area contributed by atoms with Gasteiger partial charge in [0, 0.05) is 16.1 Å². The number of nitrogens with one attached hydrogen (secondary N) is 1. The highest BCUT2D eigenvalue weighted by Gasteiger charge is 2.34. The van der Waals surface area contributed by atoms with Crippen LogP contribution in [-0.4, -0.2) is 28.5 Å². The second-order valence-electron chi connectivity index (χ2n) is 6.65. The number of carbonyl (C=O) groups is 3. The lowest BCUT2D eigenvalue weighted by Crippen LogP contribution is -2.29. The maximum atomic E-state index is 12.4. The Balaban J connectivity index is 1.38. The molecule has 1 aliphatic heterocycles. The molecule has 4 rings (SSSR count). The number of anilines is 1. The lowest BCUT2D eigenvalue weighted by atomic mass is 10.1. The maximum absolute atomic E-state index is 12.4. The molecule has 0 atom stereocenters. The molecule has 3 aromatic carbocycles. The van der Waals surface area contributed by atoms with E-state index in [4.69, 9.17) is 0 Å². The van der Waals surface area contributed by atoms with Gasteiger partial charge in [0.15, 0.2) is 0 Å². The molecule has 0 spiro atoms. The first-order valence-corrected chi connectivity index (χ1v) is 10.1. The number of nitrogens with zero attached hydrogens (tertiary/aromatic N) is 1. The third kappa shape index (κ3) is 3.79. The molecule has 5 nitrogen and oxygen atoms in total. The molecule has 1 aliphatic rings. The summed E-state index contributed by atoms with van der Waals surface area (Å²) in [6, 6.07) is 21.6. The Morgan fingerprint density at radius 1 is 0.862 bits per heavy atom. The fourth-order valence-electron chi connectivity index (χ4n) is 3.16. The highest BCUT2D eigenvalue weighted by molar-refractivity contribution is 7.99. The molecule has 1 N–H and O–H groups in total. The smallest absolute Gasteiger partial charge is 0.262 e. The van der Waals surface area contributed by atoms with Crippen molar-refractivity contribution in [3.8, 4) is 0 Å². The van der Waals surface area contributed by atoms with Crippen molar-refractivity contribution in [1.29, 1.82) is 0 Å². The number of thioether (sulfide) groups is 1. The predicted octanol–water partition coefficient (Wildman–Crippen LogP) is 4.59. The van der Waals surface area contributed by atoms with E-state index < -0.39 is 0 Å². The Bertz CT molecular complexity index is 1070. The van der Waals surface area contributed by atoms with Crippen molar-refractivity contribution in [3.05, 3.63) is 95.1 Å². The Kier molecular flexibility index (Phi) is 5.18. The van der Waals surface area contributed by atoms with Crippen LogP contribution >= 0.6 is 11.8 Å². The first-order chi connectivity index (χ1) is 14.0. The Hall–Kier alpha value is -3.38. The molecule has 3 amide bonds. The Labute approximate surface area is 172 Å². The fraction of sp³-hybridized carbons (Fsp3) is 0.0870. The van der Waals surface area contributed by atoms with E-state index in [0.29, 0.717) is 22.4 Å². The van der Waals surface area contributed by atoms with Crippen molar-refractivity contribution in [2.75, 3.05) is 11.2 Å². The number of fused-ring (bicyclic) bond motifs is 1. The standard InChI is InChI=1S/C23H18N2O3S/c1-15-6-2-3-7-18(15)21(26)24-16-10-12-17(13-11-16)29-14-25-22(27)19-8-4-5-9-20(19)23(25)28/h2-13H,14H2,1H3,(H,24,26). The summed E-state index contributed by atoms with van der Waals surface area (Å²) in [5.74, 6) is -0.448. The number of hydrogen-bond donors (Lipinski definition) is 1. The van der Waals surface area contributed by atoms with Crippen LogP contribution < -0.4 is 5.32 Å². The summed E-state index contributed by atoms with van der Waals surface area (Å²) in [6.45, 7) is 1.90. The van der Waals surface area contributed by atoms with Crippen LogP contribution in [0.3, 0.4) is 0 Å². The zero-order valence-corrected chi connectivity index (χ0v) is 16.5. The van der Waals surface area contributed by atoms with E-state index in [0.717, 1.165) is 10.5 Å². The Morgan fingerprint density at radius 2 is 1.45 bits per heavy atom. The average Bonchev–Trinajstić information content (AvgIpc) is 2.98. The number of aryl methyl sites for hydroxylation is 1. The highest BCUT2D eigenvalue weighted by atomic mass is 32.2. The number of benzene rings is 3. The van der Waals surface area contributed by atoms with E-state index in [-0.39, 0.29) is 23.6 Å². The average molecular weight is 402 g/mol. The third-order valence-corrected chi connectivity index (χ3v) is 5.73. The van der Waals surface area contributed by atoms with Crippen LogP contribution in [0.5, 0.6) is 0 Å². The zero-order chi connectivity index (χ0) is 20.4. The van der Waals surface area contributed by atoms with Gasteiger partial charge in [0.05, 0.1) is 17.0 Å². The van der Waals surface area contributed by atoms with Gasteiger partial charge < -0.3 is 5.32 Å². The fourth-order valence-corrected chi connectivity index (χ4v) is 4.00. The van der Waals surface area contributed by atoms with E-state index in [1.807, 2.05) is 37.3 Å². The summed E-state index contributed by atoms with van der Waals surface area (Å²) >= 11 is 1.39. The molecule has 0 saturated carbocycles. The quantitative estimate of drug-likeness (QED) is 0.501. The van der Waals surface area contributed by atoms with E-state index in [9.17, 15) is 14.4 Å². The van der Waals surface area contributed by atoms with Crippen molar-refractivity contribution < 1.29 is 14.4 Å². The van der Waals surface area contributed by atoms with Gasteiger partial charge in [-0.2, -0.15) is 0 Å². The molecule has 0 aromatic heterocycles. The summed E-state index contributed by atoms with van der Waals surface area (Å²) in [4.78, 5) is 39.4. The molecule has 0 unspecified atom stereocenters. The minimum Gasteiger partial charge on any atom is -0.322 e. The molecule has 0 fully saturated rings. The van der Waals surface area contributed by atoms with Crippen LogP contribution in [0.4, 0.5) is 5.69 Å². The minimum absolute atomic E-state index is 0.158. The number of imide groups is 1. The number of amides is 3. The molecule has 0 aliphatic carbocycles. The summed E-state index contributed by atoms with van der Waals surface area (Å²) < 4.78 is 0. The van der Waals surface area contributed by atoms with Gasteiger partial charge in [0.25, 0.3) is 17.7 Å². The van der Waals surface area contributed by atoms with Crippen molar-refractivity contribution in [2.45, 2.75) is 11.8 Å². The van der Waals surface area contributed by atoms with Gasteiger partial charge >= 0.3 is 0 Å². The van der Waals surface area contributed by atoms with Crippen LogP contribution in [0.1, 0.15) is 36.6 Å². The molecule has 0 radical (unpaired) electrons. The molecule has 0 saturated heterocycles. The molecule has 29 heavy (non-hydrogen) atoms. The summed E-state index contributed by atoms with van der Waals surface area (Å²) in [5.41, 5.74) is 3.14. The predicted molar refractivity (Wildman–Crippen MR) is 113 cm³/mol. The maximum Gasteiger partial charge on any atom is 0.262 e. The van der Waals surface area contributed by atoms with Gasteiger partial charge in [0.1, 0.15) is 0 Å². The van der Waals surface area contributed by atoms with Crippen molar-refractivity contribution >= 4 is 35.2 Å². The molecule has 144 valence electrons. The molecule has 1 heterocycles. The molecule has 0 bridgehead atoms. The van der Waals surface area contributed by atoms with Crippen LogP contribution in [0.25, 0.3) is 0 Å². The SMILES string of the molecule is Cc1ccccc1C(=O)Nc1ccc(SCN2C(=O)c3ccccc3C2=O)cc1. The number of hydrogen-bond acceptors (Lipinski definition) is 4. The van der Waals surface area contributed by atoms with Crippen LogP contribution in [-0.2, 0) is 0 Å². The lowest BCUT2D eigenvalue weighted by Gasteiger charge is -2.13. The van der Waals surface area contributed by atoms with Crippen LogP contribution in [0.15, 0.2) is 77.7 Å². The third-order valence-electron chi connectivity index (χ3n) is 4.74. The lowest BCUT2D eigenvalue weighted by molar-refractivity contribution is 0.0683. The molecular weight excluding hydrogens is 384 g/mol. The molecule has 3 aromatic rings. The molecule has 6 heteroatoms. The first-order valence-electron chi connectivity index (χ1n) is 9.09. The highest BCUT2D eigenvalue weighted by Crippen LogP contribution is 2.27. The molecular formula is C23H18N2O3S. The van der Waals surface area contributed by atoms with Gasteiger partial charge in [-0.1, -0.05) is 30.3 Å². The van der Waals surface area contributed by atoms with Gasteiger partial charge in [-0.05, 0) is 55.0 Å². The van der Waals surface area contributed by atoms with E-state index in [2.05, 4.69) is 5.32 Å². The summed E-state index contributed by atoms with van der Waals surface area (Å²) in [7, 11) is 0. The topological polar surface area (TPSA) is 66.5 Å². The Morgan fingerprint density at radius 3 is 2.07 bits per heavy atom. The van der Waals surface area contributed by atoms with E-state index >= 15 is 0 Å². The summed E-state index contributed by atoms with van der Waals surface area (Å²) in [5, 5.41) is 2.88. The van der Waals surface area contributed by atoms with Gasteiger partial charge in [-0.15, -0.1) is 11.8 Å². The van der Waals surface area contributed by atoms with Gasteiger partial charge in [0.2, 0.25) is 0 Å². The van der Waals surface area contributed by atoms with Crippen LogP contribution in [0.2, 0.25) is 0 Å². The van der Waals surface area contributed by atoms with Gasteiger partial charge in [-0.25, -0.2) is 0 Å².